The van der Waals surface area contributed by atoms with Crippen molar-refractivity contribution in [3.63, 3.8) is 0 Å². The number of aromatic nitrogens is 2. The summed E-state index contributed by atoms with van der Waals surface area (Å²) in [6.07, 6.45) is -0.133. The van der Waals surface area contributed by atoms with E-state index in [0.29, 0.717) is 12.6 Å². The Labute approximate surface area is 118 Å². The van der Waals surface area contributed by atoms with Crippen LogP contribution in [0.4, 0.5) is 23.7 Å². The van der Waals surface area contributed by atoms with Gasteiger partial charge in [-0.05, 0) is 19.3 Å². The highest BCUT2D eigenvalue weighted by Crippen LogP contribution is 2.55. The Morgan fingerprint density at radius 1 is 1.48 bits per heavy atom. The molecule has 2 atom stereocenters. The van der Waals surface area contributed by atoms with E-state index in [9.17, 15) is 23.1 Å². The van der Waals surface area contributed by atoms with Crippen LogP contribution in [0.5, 0.6) is 0 Å². The molecular weight excluding hydrogens is 289 g/mol. The first-order valence-corrected chi connectivity index (χ1v) is 6.69. The van der Waals surface area contributed by atoms with Gasteiger partial charge in [0.1, 0.15) is 0 Å². The van der Waals surface area contributed by atoms with Gasteiger partial charge >= 0.3 is 12.3 Å². The number of halogens is 3. The van der Waals surface area contributed by atoms with E-state index in [-0.39, 0.29) is 21.8 Å². The van der Waals surface area contributed by atoms with Gasteiger partial charge in [-0.3, -0.25) is 0 Å². The van der Waals surface area contributed by atoms with Crippen molar-refractivity contribution in [3.05, 3.63) is 12.4 Å². The molecule has 0 bridgehead atoms. The van der Waals surface area contributed by atoms with Gasteiger partial charge in [0.25, 0.3) is 0 Å². The minimum atomic E-state index is -4.61. The Morgan fingerprint density at radius 3 is 2.67 bits per heavy atom. The van der Waals surface area contributed by atoms with Crippen LogP contribution in [0.3, 0.4) is 0 Å². The van der Waals surface area contributed by atoms with Crippen molar-refractivity contribution < 1.29 is 23.1 Å². The van der Waals surface area contributed by atoms with Crippen LogP contribution in [0, 0.1) is 5.41 Å². The molecule has 116 valence electrons. The number of alkyl halides is 3. The SMILES string of the molecule is O=C(Nc1cnn(C(F)(F)F)c1)NC1CC(O)C12CCC2. The molecule has 2 saturated carbocycles. The molecule has 1 spiro atoms. The van der Waals surface area contributed by atoms with Crippen LogP contribution < -0.4 is 10.6 Å². The fourth-order valence-corrected chi connectivity index (χ4v) is 3.09. The normalized spacial score (nSPS) is 26.9. The number of hydrogen-bond acceptors (Lipinski definition) is 3. The summed E-state index contributed by atoms with van der Waals surface area (Å²) in [5, 5.41) is 17.9. The monoisotopic (exact) mass is 304 g/mol. The number of nitrogens with zero attached hydrogens (tertiary/aromatic N) is 2. The van der Waals surface area contributed by atoms with Gasteiger partial charge in [0.15, 0.2) is 0 Å². The molecule has 21 heavy (non-hydrogen) atoms. The summed E-state index contributed by atoms with van der Waals surface area (Å²) >= 11 is 0. The zero-order valence-electron chi connectivity index (χ0n) is 11.0. The maximum Gasteiger partial charge on any atom is 0.504 e. The Balaban J connectivity index is 1.56. The zero-order valence-corrected chi connectivity index (χ0v) is 11.0. The van der Waals surface area contributed by atoms with Gasteiger partial charge in [-0.1, -0.05) is 6.42 Å². The van der Waals surface area contributed by atoms with E-state index in [4.69, 9.17) is 0 Å². The molecule has 2 amide bonds. The zero-order chi connectivity index (χ0) is 15.3. The Bertz CT molecular complexity index is 553. The minimum Gasteiger partial charge on any atom is -0.392 e. The number of hydrogen-bond donors (Lipinski definition) is 3. The molecule has 0 aliphatic heterocycles. The van der Waals surface area contributed by atoms with Gasteiger partial charge in [0, 0.05) is 11.5 Å². The van der Waals surface area contributed by atoms with Gasteiger partial charge in [-0.2, -0.15) is 9.78 Å². The molecule has 6 nitrogen and oxygen atoms in total. The summed E-state index contributed by atoms with van der Waals surface area (Å²) in [5.41, 5.74) is -0.264. The van der Waals surface area contributed by atoms with Gasteiger partial charge in [0.05, 0.1) is 24.2 Å². The quantitative estimate of drug-likeness (QED) is 0.779. The summed E-state index contributed by atoms with van der Waals surface area (Å²) in [7, 11) is 0. The van der Waals surface area contributed by atoms with Crippen molar-refractivity contribution in [2.24, 2.45) is 5.41 Å². The summed E-state index contributed by atoms with van der Waals surface area (Å²) in [4.78, 5) is 11.8. The van der Waals surface area contributed by atoms with Gasteiger partial charge in [-0.15, -0.1) is 13.2 Å². The molecule has 2 aliphatic carbocycles. The largest absolute Gasteiger partial charge is 0.504 e. The molecule has 3 N–H and O–H groups in total. The van der Waals surface area contributed by atoms with E-state index in [1.54, 1.807) is 0 Å². The molecule has 1 aromatic rings. The highest BCUT2D eigenvalue weighted by Gasteiger charge is 2.58. The third kappa shape index (κ3) is 2.35. The molecule has 3 rings (SSSR count). The fraction of sp³-hybridized carbons (Fsp3) is 0.667. The van der Waals surface area contributed by atoms with Crippen molar-refractivity contribution in [2.75, 3.05) is 5.32 Å². The first-order chi connectivity index (χ1) is 9.81. The summed E-state index contributed by atoms with van der Waals surface area (Å²) in [5.74, 6) is 0. The summed E-state index contributed by atoms with van der Waals surface area (Å²) in [6, 6.07) is -0.709. The van der Waals surface area contributed by atoms with Gasteiger partial charge in [-0.25, -0.2) is 4.79 Å². The second-order valence-corrected chi connectivity index (χ2v) is 5.63. The third-order valence-electron chi connectivity index (χ3n) is 4.51. The van der Waals surface area contributed by atoms with Gasteiger partial charge < -0.3 is 15.7 Å². The number of amides is 2. The number of rotatable bonds is 2. The van der Waals surface area contributed by atoms with Crippen LogP contribution in [-0.4, -0.2) is 33.1 Å². The minimum absolute atomic E-state index is 0.0349. The molecule has 0 aromatic carbocycles. The number of carbonyl (C=O) groups excluding carboxylic acids is 1. The summed E-state index contributed by atoms with van der Waals surface area (Å²) in [6.45, 7) is 0. The molecule has 2 unspecified atom stereocenters. The van der Waals surface area contributed by atoms with Crippen molar-refractivity contribution in [1.29, 1.82) is 0 Å². The molecule has 0 saturated heterocycles. The van der Waals surface area contributed by atoms with Crippen LogP contribution in [0.2, 0.25) is 0 Å². The summed E-state index contributed by atoms with van der Waals surface area (Å²) < 4.78 is 36.9. The second kappa shape index (κ2) is 4.62. The molecule has 2 aliphatic rings. The lowest BCUT2D eigenvalue weighted by Crippen LogP contribution is -2.67. The van der Waals surface area contributed by atoms with Crippen LogP contribution in [-0.2, 0) is 6.30 Å². The standard InChI is InChI=1S/C12H15F3N4O2/c13-12(14,15)19-6-7(5-16-19)17-10(21)18-8-4-9(20)11(8)2-1-3-11/h5-6,8-9,20H,1-4H2,(H2,17,18,21). The smallest absolute Gasteiger partial charge is 0.392 e. The lowest BCUT2D eigenvalue weighted by molar-refractivity contribution is -0.212. The Morgan fingerprint density at radius 2 is 2.19 bits per heavy atom. The molecule has 1 heterocycles. The number of aliphatic hydroxyl groups is 1. The number of anilines is 1. The second-order valence-electron chi connectivity index (χ2n) is 5.63. The Kier molecular flexibility index (Phi) is 3.12. The van der Waals surface area contributed by atoms with E-state index >= 15 is 0 Å². The van der Waals surface area contributed by atoms with Crippen LogP contribution in [0.15, 0.2) is 12.4 Å². The number of urea groups is 1. The molecule has 9 heteroatoms. The van der Waals surface area contributed by atoms with E-state index in [2.05, 4.69) is 15.7 Å². The Hall–Kier alpha value is -1.77. The van der Waals surface area contributed by atoms with Crippen LogP contribution in [0.25, 0.3) is 0 Å². The maximum atomic E-state index is 12.4. The first-order valence-electron chi connectivity index (χ1n) is 6.69. The maximum absolute atomic E-state index is 12.4. The van der Waals surface area contributed by atoms with E-state index in [1.165, 1.54) is 0 Å². The van der Waals surface area contributed by atoms with Crippen LogP contribution in [0.1, 0.15) is 25.7 Å². The first kappa shape index (κ1) is 14.2. The predicted octanol–water partition coefficient (Wildman–Crippen LogP) is 1.78. The molecule has 0 radical (unpaired) electrons. The number of nitrogens with one attached hydrogen (secondary N) is 2. The lowest BCUT2D eigenvalue weighted by Gasteiger charge is -2.59. The highest BCUT2D eigenvalue weighted by atomic mass is 19.4. The fourth-order valence-electron chi connectivity index (χ4n) is 3.09. The van der Waals surface area contributed by atoms with Crippen molar-refractivity contribution >= 4 is 11.7 Å². The van der Waals surface area contributed by atoms with Crippen LogP contribution >= 0.6 is 0 Å². The van der Waals surface area contributed by atoms with Crippen molar-refractivity contribution in [3.8, 4) is 0 Å². The highest BCUT2D eigenvalue weighted by molar-refractivity contribution is 5.89. The molecular formula is C12H15F3N4O2. The lowest BCUT2D eigenvalue weighted by atomic mass is 9.51. The number of carbonyl (C=O) groups is 1. The van der Waals surface area contributed by atoms with Crippen molar-refractivity contribution in [2.45, 2.75) is 44.1 Å². The number of aliphatic hydroxyl groups excluding tert-OH is 1. The van der Waals surface area contributed by atoms with Crippen molar-refractivity contribution in [1.82, 2.24) is 15.1 Å². The van der Waals surface area contributed by atoms with E-state index in [1.807, 2.05) is 0 Å². The van der Waals surface area contributed by atoms with E-state index < -0.39 is 18.4 Å². The van der Waals surface area contributed by atoms with Gasteiger partial charge in [0.2, 0.25) is 0 Å². The van der Waals surface area contributed by atoms with E-state index in [0.717, 1.165) is 25.5 Å². The third-order valence-corrected chi connectivity index (χ3v) is 4.51. The predicted molar refractivity (Wildman–Crippen MR) is 66.4 cm³/mol. The topological polar surface area (TPSA) is 79.2 Å². The molecule has 2 fully saturated rings. The molecule has 1 aromatic heterocycles. The average Bonchev–Trinajstić information content (AvgIpc) is 2.73. The average molecular weight is 304 g/mol.